The summed E-state index contributed by atoms with van der Waals surface area (Å²) >= 11 is 3.49. The van der Waals surface area contributed by atoms with Crippen molar-refractivity contribution in [3.8, 4) is 0 Å². The Morgan fingerprint density at radius 3 is 2.71 bits per heavy atom. The Hall–Kier alpha value is -0.740. The minimum absolute atomic E-state index is 1.01. The van der Waals surface area contributed by atoms with Crippen molar-refractivity contribution in [2.24, 2.45) is 0 Å². The van der Waals surface area contributed by atoms with E-state index in [1.165, 1.54) is 15.6 Å². The SMILES string of the molecule is Cc1cnc(CCc2csc(C)n2)s1. The van der Waals surface area contributed by atoms with Gasteiger partial charge in [-0.25, -0.2) is 9.97 Å². The number of hydrogen-bond acceptors (Lipinski definition) is 4. The molecule has 74 valence electrons. The van der Waals surface area contributed by atoms with Crippen molar-refractivity contribution in [3.05, 3.63) is 32.2 Å². The summed E-state index contributed by atoms with van der Waals surface area (Å²) in [6, 6.07) is 0. The number of rotatable bonds is 3. The molecule has 0 spiro atoms. The number of aryl methyl sites for hydroxylation is 4. The first-order valence-electron chi connectivity index (χ1n) is 4.56. The van der Waals surface area contributed by atoms with Crippen molar-refractivity contribution in [1.82, 2.24) is 9.97 Å². The number of aromatic nitrogens is 2. The molecule has 0 radical (unpaired) electrons. The normalized spacial score (nSPS) is 10.7. The molecule has 0 saturated heterocycles. The van der Waals surface area contributed by atoms with Gasteiger partial charge in [0.05, 0.1) is 15.7 Å². The van der Waals surface area contributed by atoms with E-state index in [-0.39, 0.29) is 0 Å². The van der Waals surface area contributed by atoms with Crippen molar-refractivity contribution in [3.63, 3.8) is 0 Å². The first-order valence-corrected chi connectivity index (χ1v) is 6.26. The molecule has 2 aromatic rings. The van der Waals surface area contributed by atoms with Gasteiger partial charge in [0, 0.05) is 22.9 Å². The highest BCUT2D eigenvalue weighted by molar-refractivity contribution is 7.11. The molecule has 0 aliphatic heterocycles. The molecule has 0 N–H and O–H groups in total. The fourth-order valence-electron chi connectivity index (χ4n) is 1.28. The number of nitrogens with zero attached hydrogens (tertiary/aromatic N) is 2. The van der Waals surface area contributed by atoms with Crippen LogP contribution in [-0.4, -0.2) is 9.97 Å². The van der Waals surface area contributed by atoms with Crippen LogP contribution in [0.5, 0.6) is 0 Å². The third-order valence-corrected chi connectivity index (χ3v) is 3.73. The zero-order valence-corrected chi connectivity index (χ0v) is 9.91. The molecule has 0 aliphatic rings. The third kappa shape index (κ3) is 2.39. The molecule has 0 aliphatic carbocycles. The van der Waals surface area contributed by atoms with Gasteiger partial charge in [0.2, 0.25) is 0 Å². The molecule has 0 bridgehead atoms. The smallest absolute Gasteiger partial charge is 0.0931 e. The zero-order chi connectivity index (χ0) is 9.97. The first-order chi connectivity index (χ1) is 6.74. The van der Waals surface area contributed by atoms with Crippen molar-refractivity contribution in [1.29, 1.82) is 0 Å². The van der Waals surface area contributed by atoms with E-state index < -0.39 is 0 Å². The summed E-state index contributed by atoms with van der Waals surface area (Å²) < 4.78 is 0. The van der Waals surface area contributed by atoms with Gasteiger partial charge in [-0.05, 0) is 20.3 Å². The second kappa shape index (κ2) is 4.19. The van der Waals surface area contributed by atoms with Crippen molar-refractivity contribution < 1.29 is 0 Å². The molecule has 2 nitrogen and oxygen atoms in total. The molecule has 14 heavy (non-hydrogen) atoms. The van der Waals surface area contributed by atoms with E-state index in [1.807, 2.05) is 13.1 Å². The van der Waals surface area contributed by atoms with Gasteiger partial charge in [0.1, 0.15) is 0 Å². The summed E-state index contributed by atoms with van der Waals surface area (Å²) in [4.78, 5) is 10.0. The Morgan fingerprint density at radius 2 is 2.14 bits per heavy atom. The standard InChI is InChI=1S/C10H12N2S2/c1-7-5-11-10(14-7)4-3-9-6-13-8(2)12-9/h5-6H,3-4H2,1-2H3. The minimum Gasteiger partial charge on any atom is -0.249 e. The van der Waals surface area contributed by atoms with Gasteiger partial charge in [-0.2, -0.15) is 0 Å². The van der Waals surface area contributed by atoms with Crippen molar-refractivity contribution in [2.75, 3.05) is 0 Å². The Morgan fingerprint density at radius 1 is 1.29 bits per heavy atom. The second-order valence-corrected chi connectivity index (χ2v) is 5.60. The molecule has 2 heterocycles. The van der Waals surface area contributed by atoms with E-state index in [2.05, 4.69) is 22.3 Å². The van der Waals surface area contributed by atoms with E-state index in [1.54, 1.807) is 22.7 Å². The molecule has 4 heteroatoms. The van der Waals surface area contributed by atoms with Crippen LogP contribution in [0.4, 0.5) is 0 Å². The maximum atomic E-state index is 4.43. The van der Waals surface area contributed by atoms with Crippen LogP contribution in [0.1, 0.15) is 20.6 Å². The maximum absolute atomic E-state index is 4.43. The minimum atomic E-state index is 1.01. The zero-order valence-electron chi connectivity index (χ0n) is 8.28. The first kappa shape index (κ1) is 9.80. The van der Waals surface area contributed by atoms with Gasteiger partial charge in [0.25, 0.3) is 0 Å². The lowest BCUT2D eigenvalue weighted by molar-refractivity contribution is 0.908. The van der Waals surface area contributed by atoms with Crippen LogP contribution in [0.3, 0.4) is 0 Å². The van der Waals surface area contributed by atoms with Gasteiger partial charge in [-0.3, -0.25) is 0 Å². The van der Waals surface area contributed by atoms with Crippen LogP contribution in [0.2, 0.25) is 0 Å². The fraction of sp³-hybridized carbons (Fsp3) is 0.400. The summed E-state index contributed by atoms with van der Waals surface area (Å²) in [5.41, 5.74) is 1.19. The predicted molar refractivity (Wildman–Crippen MR) is 61.1 cm³/mol. The molecule has 0 saturated carbocycles. The van der Waals surface area contributed by atoms with Gasteiger partial charge < -0.3 is 0 Å². The molecule has 0 aromatic carbocycles. The lowest BCUT2D eigenvalue weighted by atomic mass is 10.3. The van der Waals surface area contributed by atoms with Crippen LogP contribution in [-0.2, 0) is 12.8 Å². The highest BCUT2D eigenvalue weighted by atomic mass is 32.1. The van der Waals surface area contributed by atoms with E-state index in [0.29, 0.717) is 0 Å². The third-order valence-electron chi connectivity index (χ3n) is 1.93. The van der Waals surface area contributed by atoms with E-state index >= 15 is 0 Å². The summed E-state index contributed by atoms with van der Waals surface area (Å²) in [5, 5.41) is 4.50. The Labute approximate surface area is 91.7 Å². The van der Waals surface area contributed by atoms with Crippen LogP contribution in [0, 0.1) is 13.8 Å². The lowest BCUT2D eigenvalue weighted by Gasteiger charge is -1.92. The molecule has 0 unspecified atom stereocenters. The number of thiazole rings is 2. The van der Waals surface area contributed by atoms with Crippen LogP contribution < -0.4 is 0 Å². The average Bonchev–Trinajstić information content (AvgIpc) is 2.72. The Balaban J connectivity index is 1.94. The maximum Gasteiger partial charge on any atom is 0.0931 e. The van der Waals surface area contributed by atoms with Crippen LogP contribution >= 0.6 is 22.7 Å². The van der Waals surface area contributed by atoms with E-state index in [0.717, 1.165) is 17.8 Å². The number of hydrogen-bond donors (Lipinski definition) is 0. The Bertz CT molecular complexity index is 377. The highest BCUT2D eigenvalue weighted by Crippen LogP contribution is 2.15. The molecule has 0 fully saturated rings. The summed E-state index contributed by atoms with van der Waals surface area (Å²) in [5.74, 6) is 0. The predicted octanol–water partition coefficient (Wildman–Crippen LogP) is 3.00. The fourth-order valence-corrected chi connectivity index (χ4v) is 2.71. The van der Waals surface area contributed by atoms with Crippen molar-refractivity contribution in [2.45, 2.75) is 26.7 Å². The topological polar surface area (TPSA) is 25.8 Å². The molecular weight excluding hydrogens is 212 g/mol. The van der Waals surface area contributed by atoms with E-state index in [9.17, 15) is 0 Å². The summed E-state index contributed by atoms with van der Waals surface area (Å²) in [6.45, 7) is 4.13. The molecule has 2 rings (SSSR count). The van der Waals surface area contributed by atoms with E-state index in [4.69, 9.17) is 0 Å². The van der Waals surface area contributed by atoms with Gasteiger partial charge in [-0.15, -0.1) is 22.7 Å². The Kier molecular flexibility index (Phi) is 2.93. The molecule has 0 amide bonds. The lowest BCUT2D eigenvalue weighted by Crippen LogP contribution is -1.90. The van der Waals surface area contributed by atoms with Gasteiger partial charge in [0.15, 0.2) is 0 Å². The van der Waals surface area contributed by atoms with Crippen molar-refractivity contribution >= 4 is 22.7 Å². The average molecular weight is 224 g/mol. The largest absolute Gasteiger partial charge is 0.249 e. The van der Waals surface area contributed by atoms with Gasteiger partial charge >= 0.3 is 0 Å². The summed E-state index contributed by atoms with van der Waals surface area (Å²) in [7, 11) is 0. The van der Waals surface area contributed by atoms with Crippen LogP contribution in [0.15, 0.2) is 11.6 Å². The molecular formula is C10H12N2S2. The second-order valence-electron chi connectivity index (χ2n) is 3.22. The highest BCUT2D eigenvalue weighted by Gasteiger charge is 2.02. The van der Waals surface area contributed by atoms with Gasteiger partial charge in [-0.1, -0.05) is 0 Å². The van der Waals surface area contributed by atoms with Crippen LogP contribution in [0.25, 0.3) is 0 Å². The quantitative estimate of drug-likeness (QED) is 0.801. The molecule has 0 atom stereocenters. The molecule has 2 aromatic heterocycles. The monoisotopic (exact) mass is 224 g/mol. The summed E-state index contributed by atoms with van der Waals surface area (Å²) in [6.07, 6.45) is 3.96.